The van der Waals surface area contributed by atoms with Gasteiger partial charge in [0.25, 0.3) is 0 Å². The van der Waals surface area contributed by atoms with Crippen molar-refractivity contribution in [2.45, 2.75) is 56.5 Å². The second-order valence-corrected chi connectivity index (χ2v) is 11.0. The number of nitrogens with zero attached hydrogens (tertiary/aromatic N) is 6. The third-order valence-electron chi connectivity index (χ3n) is 8.76. The fourth-order valence-corrected chi connectivity index (χ4v) is 6.66. The van der Waals surface area contributed by atoms with E-state index in [1.165, 1.54) is 38.5 Å². The van der Waals surface area contributed by atoms with Crippen LogP contribution in [-0.2, 0) is 5.54 Å². The molecule has 2 aromatic heterocycles. The highest BCUT2D eigenvalue weighted by molar-refractivity contribution is 6.34. The molecule has 4 saturated carbocycles. The first-order chi connectivity index (χ1) is 15.0. The number of aromatic nitrogens is 4. The zero-order valence-electron chi connectivity index (χ0n) is 18.1. The van der Waals surface area contributed by atoms with E-state index in [0.29, 0.717) is 11.1 Å². The number of rotatable bonds is 4. The Morgan fingerprint density at radius 1 is 1.00 bits per heavy atom. The molecule has 0 unspecified atom stereocenters. The summed E-state index contributed by atoms with van der Waals surface area (Å²) in [4.78, 5) is 5.13. The van der Waals surface area contributed by atoms with E-state index in [4.69, 9.17) is 16.7 Å². The van der Waals surface area contributed by atoms with Crippen LogP contribution >= 0.6 is 11.6 Å². The molecule has 0 radical (unpaired) electrons. The highest BCUT2D eigenvalue weighted by Crippen LogP contribution is 2.62. The summed E-state index contributed by atoms with van der Waals surface area (Å²) in [6.45, 7) is 6.70. The fourth-order valence-electron chi connectivity index (χ4n) is 6.37. The number of fused-ring (bicyclic) bond motifs is 1. The van der Waals surface area contributed by atoms with Crippen molar-refractivity contribution in [2.75, 3.05) is 31.1 Å². The van der Waals surface area contributed by atoms with Crippen LogP contribution in [0.1, 0.15) is 45.4 Å². The first-order valence-corrected chi connectivity index (χ1v) is 12.1. The molecule has 5 aliphatic rings. The minimum Gasteiger partial charge on any atom is -0.368 e. The number of hydrogen-bond acceptors (Lipinski definition) is 4. The molecule has 4 aliphatic carbocycles. The molecule has 6 nitrogen and oxygen atoms in total. The Kier molecular flexibility index (Phi) is 3.74. The van der Waals surface area contributed by atoms with Crippen molar-refractivity contribution in [3.63, 3.8) is 0 Å². The maximum Gasteiger partial charge on any atom is 0.103 e. The molecule has 2 bridgehead atoms. The predicted molar refractivity (Wildman–Crippen MR) is 123 cm³/mol. The van der Waals surface area contributed by atoms with Gasteiger partial charge in [0.1, 0.15) is 5.69 Å². The van der Waals surface area contributed by atoms with Gasteiger partial charge < -0.3 is 4.90 Å². The van der Waals surface area contributed by atoms with Gasteiger partial charge in [-0.1, -0.05) is 11.6 Å². The van der Waals surface area contributed by atoms with Gasteiger partial charge in [0, 0.05) is 37.1 Å². The summed E-state index contributed by atoms with van der Waals surface area (Å²) in [5, 5.41) is 11.3. The Balaban J connectivity index is 1.18. The largest absolute Gasteiger partial charge is 0.368 e. The van der Waals surface area contributed by atoms with Crippen molar-refractivity contribution in [2.24, 2.45) is 5.92 Å². The lowest BCUT2D eigenvalue weighted by molar-refractivity contribution is -0.0977. The molecule has 31 heavy (non-hydrogen) atoms. The number of benzene rings is 1. The van der Waals surface area contributed by atoms with Gasteiger partial charge in [-0.15, -0.1) is 0 Å². The van der Waals surface area contributed by atoms with Crippen LogP contribution in [0.4, 0.5) is 5.69 Å². The molecule has 5 fully saturated rings. The van der Waals surface area contributed by atoms with Gasteiger partial charge in [0.2, 0.25) is 0 Å². The SMILES string of the molecule is CC1(N2CCN(c3cc4c(cnn4-c4cnn(C56CC(C5)C6)c4)cc3Cl)CC2)CCC1. The summed E-state index contributed by atoms with van der Waals surface area (Å²) in [5.74, 6) is 0.940. The van der Waals surface area contributed by atoms with Crippen molar-refractivity contribution in [1.29, 1.82) is 0 Å². The number of anilines is 1. The number of halogens is 1. The lowest BCUT2D eigenvalue weighted by atomic mass is 9.50. The third-order valence-corrected chi connectivity index (χ3v) is 9.06. The molecule has 8 rings (SSSR count). The first kappa shape index (κ1) is 18.5. The van der Waals surface area contributed by atoms with Gasteiger partial charge in [-0.2, -0.15) is 10.2 Å². The summed E-state index contributed by atoms with van der Waals surface area (Å²) >= 11 is 6.74. The topological polar surface area (TPSA) is 42.1 Å². The van der Waals surface area contributed by atoms with E-state index in [2.05, 4.69) is 44.8 Å². The maximum absolute atomic E-state index is 6.74. The second kappa shape index (κ2) is 6.26. The zero-order valence-corrected chi connectivity index (χ0v) is 18.9. The smallest absolute Gasteiger partial charge is 0.103 e. The highest BCUT2D eigenvalue weighted by atomic mass is 35.5. The van der Waals surface area contributed by atoms with Crippen LogP contribution in [0.5, 0.6) is 0 Å². The summed E-state index contributed by atoms with van der Waals surface area (Å²) in [6.07, 6.45) is 14.0. The normalized spacial score (nSPS) is 29.5. The van der Waals surface area contributed by atoms with Gasteiger partial charge in [-0.05, 0) is 63.5 Å². The molecule has 0 atom stereocenters. The molecule has 1 aliphatic heterocycles. The quantitative estimate of drug-likeness (QED) is 0.606. The molecule has 3 heterocycles. The van der Waals surface area contributed by atoms with Crippen molar-refractivity contribution in [1.82, 2.24) is 24.5 Å². The van der Waals surface area contributed by atoms with E-state index in [-0.39, 0.29) is 0 Å². The minimum atomic E-state index is 0.303. The molecular formula is C24H29ClN6. The zero-order chi connectivity index (χ0) is 20.8. The van der Waals surface area contributed by atoms with Gasteiger partial charge in [-0.3, -0.25) is 9.58 Å². The van der Waals surface area contributed by atoms with Crippen molar-refractivity contribution < 1.29 is 0 Å². The fraction of sp³-hybridized carbons (Fsp3) is 0.583. The lowest BCUT2D eigenvalue weighted by Gasteiger charge is -2.61. The summed E-state index contributed by atoms with van der Waals surface area (Å²) in [7, 11) is 0. The van der Waals surface area contributed by atoms with Crippen LogP contribution in [0.3, 0.4) is 0 Å². The Bertz CT molecular complexity index is 1150. The van der Waals surface area contributed by atoms with Gasteiger partial charge in [-0.25, -0.2) is 4.68 Å². The third kappa shape index (κ3) is 2.61. The van der Waals surface area contributed by atoms with E-state index in [1.54, 1.807) is 0 Å². The van der Waals surface area contributed by atoms with Gasteiger partial charge in [0.05, 0.1) is 40.4 Å². The van der Waals surface area contributed by atoms with E-state index in [9.17, 15) is 0 Å². The molecule has 3 aromatic rings. The van der Waals surface area contributed by atoms with Crippen molar-refractivity contribution >= 4 is 28.2 Å². The summed E-state index contributed by atoms with van der Waals surface area (Å²) in [6, 6.07) is 4.30. The molecular weight excluding hydrogens is 408 g/mol. The van der Waals surface area contributed by atoms with Crippen LogP contribution in [0.25, 0.3) is 16.6 Å². The average molecular weight is 437 g/mol. The van der Waals surface area contributed by atoms with Crippen LogP contribution in [0.15, 0.2) is 30.7 Å². The van der Waals surface area contributed by atoms with E-state index >= 15 is 0 Å². The Morgan fingerprint density at radius 3 is 2.42 bits per heavy atom. The minimum absolute atomic E-state index is 0.303. The molecule has 0 amide bonds. The standard InChI is InChI=1S/C24H29ClN6/c1-23(3-2-4-23)29-7-5-28(6-8-29)22-10-21-18(9-20(22)25)14-27-31(21)19-15-26-30(16-19)24-11-17(12-24)13-24/h9-10,14-17H,2-8,11-13H2,1H3. The molecule has 7 heteroatoms. The second-order valence-electron chi connectivity index (χ2n) is 10.6. The summed E-state index contributed by atoms with van der Waals surface area (Å²) < 4.78 is 4.21. The van der Waals surface area contributed by atoms with E-state index < -0.39 is 0 Å². The Labute approximate surface area is 187 Å². The van der Waals surface area contributed by atoms with E-state index in [1.807, 2.05) is 17.1 Å². The Morgan fingerprint density at radius 2 is 1.77 bits per heavy atom. The van der Waals surface area contributed by atoms with Crippen molar-refractivity contribution in [3.05, 3.63) is 35.7 Å². The predicted octanol–water partition coefficient (Wildman–Crippen LogP) is 4.45. The number of piperazine rings is 1. The van der Waals surface area contributed by atoms with Crippen LogP contribution in [-0.4, -0.2) is 56.2 Å². The molecule has 0 N–H and O–H groups in total. The summed E-state index contributed by atoms with van der Waals surface area (Å²) in [5.41, 5.74) is 4.00. The molecule has 162 valence electrons. The van der Waals surface area contributed by atoms with Gasteiger partial charge in [0.15, 0.2) is 0 Å². The van der Waals surface area contributed by atoms with Crippen LogP contribution in [0.2, 0.25) is 5.02 Å². The molecule has 1 saturated heterocycles. The highest BCUT2D eigenvalue weighted by Gasteiger charge is 2.58. The average Bonchev–Trinajstić information content (AvgIpc) is 3.30. The van der Waals surface area contributed by atoms with Crippen LogP contribution in [0, 0.1) is 5.92 Å². The molecule has 0 spiro atoms. The maximum atomic E-state index is 6.74. The van der Waals surface area contributed by atoms with E-state index in [0.717, 1.165) is 59.4 Å². The Hall–Kier alpha value is -2.05. The van der Waals surface area contributed by atoms with Crippen LogP contribution < -0.4 is 4.90 Å². The lowest BCUT2D eigenvalue weighted by Crippen LogP contribution is -2.59. The van der Waals surface area contributed by atoms with Crippen molar-refractivity contribution in [3.8, 4) is 5.69 Å². The number of hydrogen-bond donors (Lipinski definition) is 0. The monoisotopic (exact) mass is 436 g/mol. The van der Waals surface area contributed by atoms with Gasteiger partial charge >= 0.3 is 0 Å². The molecule has 1 aromatic carbocycles. The first-order valence-electron chi connectivity index (χ1n) is 11.8.